The van der Waals surface area contributed by atoms with Crippen molar-refractivity contribution in [3.63, 3.8) is 0 Å². The van der Waals surface area contributed by atoms with Gasteiger partial charge in [0.05, 0.1) is 6.26 Å². The fraction of sp³-hybridized carbons (Fsp3) is 0.364. The smallest absolute Gasteiger partial charge is 0.268 e. The predicted octanol–water partition coefficient (Wildman–Crippen LogP) is 3.66. The minimum atomic E-state index is -0.297. The third-order valence-corrected chi connectivity index (χ3v) is 5.77. The minimum Gasteiger partial charge on any atom is -0.465 e. The van der Waals surface area contributed by atoms with Crippen molar-refractivity contribution < 1.29 is 14.0 Å². The SMILES string of the molecule is Cc1ccccc1C(=O)N/C(=C\c1ccco1)C(=O)N[C@H]1C[C@H]2CC[C@@H]1C2. The number of rotatable bonds is 5. The number of carbonyl (C=O) groups is 2. The molecular formula is C22H24N2O3. The van der Waals surface area contributed by atoms with Gasteiger partial charge in [-0.1, -0.05) is 24.6 Å². The molecule has 2 saturated carbocycles. The van der Waals surface area contributed by atoms with Gasteiger partial charge in [0.25, 0.3) is 11.8 Å². The minimum absolute atomic E-state index is 0.201. The molecule has 1 heterocycles. The van der Waals surface area contributed by atoms with Crippen LogP contribution in [0.2, 0.25) is 0 Å². The third kappa shape index (κ3) is 3.82. The van der Waals surface area contributed by atoms with Gasteiger partial charge >= 0.3 is 0 Å². The van der Waals surface area contributed by atoms with Crippen molar-refractivity contribution in [2.75, 3.05) is 0 Å². The molecule has 2 N–H and O–H groups in total. The van der Waals surface area contributed by atoms with Crippen LogP contribution in [-0.4, -0.2) is 17.9 Å². The standard InChI is InChI=1S/C22H24N2O3/c1-14-5-2-3-7-18(14)21(25)24-20(13-17-6-4-10-27-17)22(26)23-19-12-15-8-9-16(19)11-15/h2-7,10,13,15-16,19H,8-9,11-12H2,1H3,(H,23,26)(H,24,25)/b20-13-/t15-,16+,19-/m0/s1. The lowest BCUT2D eigenvalue weighted by Crippen LogP contribution is -2.42. The van der Waals surface area contributed by atoms with Crippen LogP contribution in [0.1, 0.15) is 47.4 Å². The molecule has 5 heteroatoms. The van der Waals surface area contributed by atoms with E-state index in [1.165, 1.54) is 19.3 Å². The van der Waals surface area contributed by atoms with E-state index in [9.17, 15) is 9.59 Å². The summed E-state index contributed by atoms with van der Waals surface area (Å²) < 4.78 is 5.34. The average molecular weight is 364 g/mol. The Balaban J connectivity index is 1.53. The summed E-state index contributed by atoms with van der Waals surface area (Å²) in [5.41, 5.74) is 1.62. The van der Waals surface area contributed by atoms with Crippen LogP contribution in [0.4, 0.5) is 0 Å². The summed E-state index contributed by atoms with van der Waals surface area (Å²) in [5, 5.41) is 5.91. The summed E-state index contributed by atoms with van der Waals surface area (Å²) in [5.74, 6) is 1.27. The third-order valence-electron chi connectivity index (χ3n) is 5.77. The number of aryl methyl sites for hydroxylation is 1. The Morgan fingerprint density at radius 2 is 1.96 bits per heavy atom. The van der Waals surface area contributed by atoms with Crippen LogP contribution in [0.5, 0.6) is 0 Å². The Labute approximate surface area is 158 Å². The first-order valence-electron chi connectivity index (χ1n) is 9.53. The topological polar surface area (TPSA) is 71.3 Å². The van der Waals surface area contributed by atoms with E-state index in [0.29, 0.717) is 17.2 Å². The summed E-state index contributed by atoms with van der Waals surface area (Å²) in [6, 6.07) is 11.0. The van der Waals surface area contributed by atoms with Crippen LogP contribution in [0.15, 0.2) is 52.8 Å². The second-order valence-electron chi connectivity index (χ2n) is 7.60. The highest BCUT2D eigenvalue weighted by atomic mass is 16.3. The Kier molecular flexibility index (Phi) is 4.84. The van der Waals surface area contributed by atoms with Gasteiger partial charge in [-0.25, -0.2) is 0 Å². The van der Waals surface area contributed by atoms with Crippen LogP contribution in [-0.2, 0) is 4.79 Å². The normalized spacial score (nSPS) is 24.0. The van der Waals surface area contributed by atoms with Gasteiger partial charge in [0.15, 0.2) is 0 Å². The van der Waals surface area contributed by atoms with Crippen molar-refractivity contribution in [2.45, 2.75) is 38.6 Å². The van der Waals surface area contributed by atoms with Gasteiger partial charge in [-0.05, 0) is 61.8 Å². The molecule has 4 rings (SSSR count). The molecule has 1 aromatic heterocycles. The number of amides is 2. The number of hydrogen-bond donors (Lipinski definition) is 2. The molecule has 0 saturated heterocycles. The van der Waals surface area contributed by atoms with Gasteiger partial charge in [0.2, 0.25) is 0 Å². The second-order valence-corrected chi connectivity index (χ2v) is 7.60. The molecule has 0 spiro atoms. The average Bonchev–Trinajstić information content (AvgIpc) is 3.39. The largest absolute Gasteiger partial charge is 0.465 e. The van der Waals surface area contributed by atoms with E-state index in [-0.39, 0.29) is 23.6 Å². The van der Waals surface area contributed by atoms with Crippen molar-refractivity contribution in [3.05, 3.63) is 65.2 Å². The fourth-order valence-electron chi connectivity index (χ4n) is 4.36. The molecule has 3 atom stereocenters. The van der Waals surface area contributed by atoms with Crippen molar-refractivity contribution in [2.24, 2.45) is 11.8 Å². The van der Waals surface area contributed by atoms with Gasteiger partial charge in [-0.3, -0.25) is 9.59 Å². The molecule has 0 radical (unpaired) electrons. The summed E-state index contributed by atoms with van der Waals surface area (Å²) >= 11 is 0. The molecule has 2 aliphatic rings. The lowest BCUT2D eigenvalue weighted by Gasteiger charge is -2.23. The molecule has 2 fully saturated rings. The summed E-state index contributed by atoms with van der Waals surface area (Å²) in [4.78, 5) is 25.6. The lowest BCUT2D eigenvalue weighted by molar-refractivity contribution is -0.118. The predicted molar refractivity (Wildman–Crippen MR) is 103 cm³/mol. The van der Waals surface area contributed by atoms with Gasteiger partial charge in [0.1, 0.15) is 11.5 Å². The van der Waals surface area contributed by atoms with Crippen LogP contribution < -0.4 is 10.6 Å². The first-order valence-corrected chi connectivity index (χ1v) is 9.53. The van der Waals surface area contributed by atoms with E-state index >= 15 is 0 Å². The number of hydrogen-bond acceptors (Lipinski definition) is 3. The number of fused-ring (bicyclic) bond motifs is 2. The summed E-state index contributed by atoms with van der Waals surface area (Å²) in [6.07, 6.45) is 7.83. The summed E-state index contributed by atoms with van der Waals surface area (Å²) in [7, 11) is 0. The van der Waals surface area contributed by atoms with Crippen molar-refractivity contribution in [1.29, 1.82) is 0 Å². The van der Waals surface area contributed by atoms with Crippen LogP contribution in [0.25, 0.3) is 6.08 Å². The van der Waals surface area contributed by atoms with Crippen molar-refractivity contribution >= 4 is 17.9 Å². The highest BCUT2D eigenvalue weighted by molar-refractivity contribution is 6.05. The van der Waals surface area contributed by atoms with E-state index in [2.05, 4.69) is 10.6 Å². The van der Waals surface area contributed by atoms with Gasteiger partial charge in [-0.2, -0.15) is 0 Å². The van der Waals surface area contributed by atoms with Gasteiger partial charge < -0.3 is 15.1 Å². The first-order chi connectivity index (χ1) is 13.1. The molecular weight excluding hydrogens is 340 g/mol. The molecule has 27 heavy (non-hydrogen) atoms. The van der Waals surface area contributed by atoms with Crippen molar-refractivity contribution in [3.8, 4) is 0 Å². The fourth-order valence-corrected chi connectivity index (χ4v) is 4.36. The van der Waals surface area contributed by atoms with Crippen LogP contribution >= 0.6 is 0 Å². The van der Waals surface area contributed by atoms with Crippen LogP contribution in [0, 0.1) is 18.8 Å². The number of nitrogens with one attached hydrogen (secondary N) is 2. The number of benzene rings is 1. The molecule has 5 nitrogen and oxygen atoms in total. The first kappa shape index (κ1) is 17.6. The second kappa shape index (κ2) is 7.43. The van der Waals surface area contributed by atoms with Crippen molar-refractivity contribution in [1.82, 2.24) is 10.6 Å². The molecule has 0 aliphatic heterocycles. The molecule has 1 aromatic carbocycles. The Bertz CT molecular complexity index is 869. The highest BCUT2D eigenvalue weighted by Crippen LogP contribution is 2.44. The van der Waals surface area contributed by atoms with E-state index < -0.39 is 0 Å². The zero-order valence-electron chi connectivity index (χ0n) is 15.4. The highest BCUT2D eigenvalue weighted by Gasteiger charge is 2.40. The zero-order chi connectivity index (χ0) is 18.8. The number of furan rings is 1. The number of carbonyl (C=O) groups excluding carboxylic acids is 2. The lowest BCUT2D eigenvalue weighted by atomic mass is 9.95. The maximum Gasteiger partial charge on any atom is 0.268 e. The molecule has 2 bridgehead atoms. The Morgan fingerprint density at radius 1 is 1.11 bits per heavy atom. The van der Waals surface area contributed by atoms with Gasteiger partial charge in [0, 0.05) is 17.7 Å². The maximum atomic E-state index is 12.9. The Morgan fingerprint density at radius 3 is 2.63 bits per heavy atom. The zero-order valence-corrected chi connectivity index (χ0v) is 15.4. The Hall–Kier alpha value is -2.82. The summed E-state index contributed by atoms with van der Waals surface area (Å²) in [6.45, 7) is 1.88. The quantitative estimate of drug-likeness (QED) is 0.796. The monoisotopic (exact) mass is 364 g/mol. The van der Waals surface area contributed by atoms with Crippen LogP contribution in [0.3, 0.4) is 0 Å². The van der Waals surface area contributed by atoms with E-state index in [0.717, 1.165) is 17.9 Å². The molecule has 2 aromatic rings. The van der Waals surface area contributed by atoms with E-state index in [1.54, 1.807) is 30.5 Å². The molecule has 0 unspecified atom stereocenters. The van der Waals surface area contributed by atoms with Gasteiger partial charge in [-0.15, -0.1) is 0 Å². The molecule has 2 aliphatic carbocycles. The van der Waals surface area contributed by atoms with E-state index in [1.807, 2.05) is 25.1 Å². The van der Waals surface area contributed by atoms with E-state index in [4.69, 9.17) is 4.42 Å². The maximum absolute atomic E-state index is 12.9. The molecule has 2 amide bonds. The molecule has 140 valence electrons.